The molecule has 0 radical (unpaired) electrons. The molecule has 0 spiro atoms. The van der Waals surface area contributed by atoms with Crippen LogP contribution in [0.2, 0.25) is 0 Å². The summed E-state index contributed by atoms with van der Waals surface area (Å²) in [5.74, 6) is -0.0344. The Morgan fingerprint density at radius 1 is 1.08 bits per heavy atom. The second-order valence-electron chi connectivity index (χ2n) is 5.88. The van der Waals surface area contributed by atoms with E-state index in [1.165, 1.54) is 18.0 Å². The Hall–Kier alpha value is -1.79. The lowest BCUT2D eigenvalue weighted by molar-refractivity contribution is -0.121. The molecule has 0 fully saturated rings. The minimum Gasteiger partial charge on any atom is -0.348 e. The molecule has 134 valence electrons. The van der Waals surface area contributed by atoms with Crippen molar-refractivity contribution in [1.82, 2.24) is 5.32 Å². The maximum atomic E-state index is 12.5. The number of thioether (sulfide) groups is 1. The highest BCUT2D eigenvalue weighted by molar-refractivity contribution is 8.00. The van der Waals surface area contributed by atoms with Gasteiger partial charge in [-0.05, 0) is 43.2 Å². The molecule has 0 saturated heterocycles. The van der Waals surface area contributed by atoms with Gasteiger partial charge in [0.05, 0.1) is 16.2 Å². The van der Waals surface area contributed by atoms with Crippen LogP contribution in [0.25, 0.3) is 0 Å². The van der Waals surface area contributed by atoms with Gasteiger partial charge in [0.15, 0.2) is 9.84 Å². The zero-order chi connectivity index (χ0) is 18.4. The van der Waals surface area contributed by atoms with E-state index in [0.29, 0.717) is 0 Å². The number of carbonyl (C=O) groups excluding carboxylic acids is 1. The Kier molecular flexibility index (Phi) is 6.67. The molecule has 2 atom stereocenters. The standard InChI is InChI=1S/C19H23NO3S2/c1-4-18(15-10-12-17(13-11-15)25(3,22)23)20-19(21)14(2)24-16-8-6-5-7-9-16/h5-14,18H,4H2,1-3H3,(H,20,21). The first-order valence-electron chi connectivity index (χ1n) is 8.13. The van der Waals surface area contributed by atoms with Crippen LogP contribution >= 0.6 is 11.8 Å². The SMILES string of the molecule is CCC(NC(=O)C(C)Sc1ccccc1)c1ccc(S(C)(=O)=O)cc1. The topological polar surface area (TPSA) is 63.2 Å². The normalized spacial score (nSPS) is 13.9. The van der Waals surface area contributed by atoms with Crippen LogP contribution in [0.3, 0.4) is 0 Å². The van der Waals surface area contributed by atoms with Crippen molar-refractivity contribution in [3.8, 4) is 0 Å². The van der Waals surface area contributed by atoms with E-state index in [1.807, 2.05) is 44.2 Å². The molecule has 2 rings (SSSR count). The molecular weight excluding hydrogens is 354 g/mol. The molecule has 0 bridgehead atoms. The summed E-state index contributed by atoms with van der Waals surface area (Å²) in [5.41, 5.74) is 0.903. The van der Waals surface area contributed by atoms with Crippen LogP contribution in [0.15, 0.2) is 64.4 Å². The maximum absolute atomic E-state index is 12.5. The molecule has 0 heterocycles. The number of rotatable bonds is 7. The Balaban J connectivity index is 2.04. The number of benzene rings is 2. The van der Waals surface area contributed by atoms with Gasteiger partial charge in [-0.3, -0.25) is 4.79 Å². The number of sulfone groups is 1. The van der Waals surface area contributed by atoms with E-state index in [1.54, 1.807) is 24.3 Å². The van der Waals surface area contributed by atoms with Crippen LogP contribution in [0.1, 0.15) is 31.9 Å². The van der Waals surface area contributed by atoms with Crippen molar-refractivity contribution in [1.29, 1.82) is 0 Å². The van der Waals surface area contributed by atoms with Crippen LogP contribution in [0.5, 0.6) is 0 Å². The summed E-state index contributed by atoms with van der Waals surface area (Å²) in [7, 11) is -3.21. The van der Waals surface area contributed by atoms with Crippen molar-refractivity contribution < 1.29 is 13.2 Å². The minimum absolute atomic E-state index is 0.0344. The molecule has 2 unspecified atom stereocenters. The molecule has 2 aromatic rings. The first-order valence-corrected chi connectivity index (χ1v) is 10.9. The van der Waals surface area contributed by atoms with E-state index in [0.717, 1.165) is 16.9 Å². The van der Waals surface area contributed by atoms with Gasteiger partial charge in [-0.25, -0.2) is 8.42 Å². The van der Waals surface area contributed by atoms with Crippen LogP contribution in [0.4, 0.5) is 0 Å². The Labute approximate surface area is 154 Å². The van der Waals surface area contributed by atoms with Gasteiger partial charge in [-0.1, -0.05) is 37.3 Å². The molecule has 0 saturated carbocycles. The van der Waals surface area contributed by atoms with E-state index in [-0.39, 0.29) is 22.1 Å². The predicted octanol–water partition coefficient (Wildman–Crippen LogP) is 3.84. The number of hydrogen-bond donors (Lipinski definition) is 1. The fourth-order valence-electron chi connectivity index (χ4n) is 2.41. The van der Waals surface area contributed by atoms with Crippen molar-refractivity contribution in [2.75, 3.05) is 6.26 Å². The summed E-state index contributed by atoms with van der Waals surface area (Å²) in [6.45, 7) is 3.87. The highest BCUT2D eigenvalue weighted by atomic mass is 32.2. The van der Waals surface area contributed by atoms with Gasteiger partial charge in [0.25, 0.3) is 0 Å². The molecule has 1 N–H and O–H groups in total. The van der Waals surface area contributed by atoms with Crippen molar-refractivity contribution in [2.24, 2.45) is 0 Å². The highest BCUT2D eigenvalue weighted by Gasteiger charge is 2.19. The molecule has 0 aliphatic carbocycles. The summed E-state index contributed by atoms with van der Waals surface area (Å²) in [6.07, 6.45) is 1.91. The molecule has 4 nitrogen and oxygen atoms in total. The lowest BCUT2D eigenvalue weighted by atomic mass is 10.0. The molecule has 6 heteroatoms. The van der Waals surface area contributed by atoms with Gasteiger partial charge in [0.1, 0.15) is 0 Å². The van der Waals surface area contributed by atoms with Crippen molar-refractivity contribution in [2.45, 2.75) is 41.4 Å². The second kappa shape index (κ2) is 8.54. The molecule has 0 aromatic heterocycles. The van der Waals surface area contributed by atoms with Crippen molar-refractivity contribution >= 4 is 27.5 Å². The van der Waals surface area contributed by atoms with E-state index >= 15 is 0 Å². The average Bonchev–Trinajstić information content (AvgIpc) is 2.59. The van der Waals surface area contributed by atoms with E-state index in [9.17, 15) is 13.2 Å². The number of carbonyl (C=O) groups is 1. The summed E-state index contributed by atoms with van der Waals surface area (Å²) < 4.78 is 23.1. The third kappa shape index (κ3) is 5.61. The quantitative estimate of drug-likeness (QED) is 0.745. The first-order chi connectivity index (χ1) is 11.8. The molecule has 1 amide bonds. The van der Waals surface area contributed by atoms with Crippen LogP contribution in [0, 0.1) is 0 Å². The van der Waals surface area contributed by atoms with Gasteiger partial charge in [-0.2, -0.15) is 0 Å². The van der Waals surface area contributed by atoms with E-state index in [4.69, 9.17) is 0 Å². The van der Waals surface area contributed by atoms with Crippen LogP contribution in [-0.4, -0.2) is 25.8 Å². The van der Waals surface area contributed by atoms with Crippen molar-refractivity contribution in [3.63, 3.8) is 0 Å². The van der Waals surface area contributed by atoms with E-state index < -0.39 is 9.84 Å². The lowest BCUT2D eigenvalue weighted by Crippen LogP contribution is -2.34. The fraction of sp³-hybridized carbons (Fsp3) is 0.316. The van der Waals surface area contributed by atoms with Crippen molar-refractivity contribution in [3.05, 3.63) is 60.2 Å². The number of amides is 1. The van der Waals surface area contributed by atoms with Crippen LogP contribution in [-0.2, 0) is 14.6 Å². The average molecular weight is 378 g/mol. The third-order valence-corrected chi connectivity index (χ3v) is 6.10. The number of hydrogen-bond acceptors (Lipinski definition) is 4. The molecule has 25 heavy (non-hydrogen) atoms. The minimum atomic E-state index is -3.21. The molecular formula is C19H23NO3S2. The van der Waals surface area contributed by atoms with Gasteiger partial charge >= 0.3 is 0 Å². The number of nitrogens with one attached hydrogen (secondary N) is 1. The molecule has 0 aliphatic rings. The third-order valence-electron chi connectivity index (χ3n) is 3.86. The fourth-order valence-corrected chi connectivity index (χ4v) is 3.94. The Morgan fingerprint density at radius 3 is 2.20 bits per heavy atom. The smallest absolute Gasteiger partial charge is 0.233 e. The van der Waals surface area contributed by atoms with Gasteiger partial charge in [-0.15, -0.1) is 11.8 Å². The Bertz CT molecular complexity index is 802. The highest BCUT2D eigenvalue weighted by Crippen LogP contribution is 2.24. The first kappa shape index (κ1) is 19.5. The largest absolute Gasteiger partial charge is 0.348 e. The Morgan fingerprint density at radius 2 is 1.68 bits per heavy atom. The molecule has 0 aliphatic heterocycles. The van der Waals surface area contributed by atoms with Crippen LogP contribution < -0.4 is 5.32 Å². The zero-order valence-electron chi connectivity index (χ0n) is 14.6. The van der Waals surface area contributed by atoms with Gasteiger partial charge < -0.3 is 5.32 Å². The summed E-state index contributed by atoms with van der Waals surface area (Å²) in [5, 5.41) is 2.84. The maximum Gasteiger partial charge on any atom is 0.233 e. The summed E-state index contributed by atoms with van der Waals surface area (Å²) >= 11 is 1.51. The molecule has 2 aromatic carbocycles. The monoisotopic (exact) mass is 377 g/mol. The summed E-state index contributed by atoms with van der Waals surface area (Å²) in [6, 6.07) is 16.4. The van der Waals surface area contributed by atoms with E-state index in [2.05, 4.69) is 5.32 Å². The zero-order valence-corrected chi connectivity index (χ0v) is 16.2. The second-order valence-corrected chi connectivity index (χ2v) is 9.31. The van der Waals surface area contributed by atoms with Gasteiger partial charge in [0.2, 0.25) is 5.91 Å². The lowest BCUT2D eigenvalue weighted by Gasteiger charge is -2.20. The van der Waals surface area contributed by atoms with Gasteiger partial charge in [0, 0.05) is 11.2 Å². The summed E-state index contributed by atoms with van der Waals surface area (Å²) in [4.78, 5) is 13.8. The predicted molar refractivity (Wildman–Crippen MR) is 102 cm³/mol.